The third-order valence-electron chi connectivity index (χ3n) is 3.73. The number of hydrogen-bond acceptors (Lipinski definition) is 9. The SMILES string of the molecule is CSc1nc(-c2ccc(O)c(O)c2)nc(NN2C(=O)C=C(C)C2=O)c1C#N. The standard InChI is InChI=1S/C17H13N5O4S/c1-8-5-13(25)22(17(8)26)21-15-10(7-18)16(27-2)20-14(19-15)9-3-4-11(23)12(24)6-9/h3-6,23-24H,1-2H3,(H,19,20,21). The van der Waals surface area contributed by atoms with Crippen LogP contribution in [0.25, 0.3) is 11.4 Å². The summed E-state index contributed by atoms with van der Waals surface area (Å²) in [7, 11) is 0. The average Bonchev–Trinajstić information content (AvgIpc) is 2.89. The van der Waals surface area contributed by atoms with E-state index < -0.39 is 11.8 Å². The number of aromatic hydroxyl groups is 2. The van der Waals surface area contributed by atoms with Crippen LogP contribution >= 0.6 is 11.8 Å². The first-order valence-corrected chi connectivity index (χ1v) is 8.80. The highest BCUT2D eigenvalue weighted by Crippen LogP contribution is 2.32. The molecular weight excluding hydrogens is 370 g/mol. The quantitative estimate of drug-likeness (QED) is 0.312. The second kappa shape index (κ2) is 6.97. The molecular formula is C17H13N5O4S. The van der Waals surface area contributed by atoms with E-state index in [1.807, 2.05) is 6.07 Å². The molecule has 1 aliphatic rings. The number of nitrogens with one attached hydrogen (secondary N) is 1. The van der Waals surface area contributed by atoms with Crippen LogP contribution < -0.4 is 5.43 Å². The zero-order chi connectivity index (χ0) is 19.7. The Balaban J connectivity index is 2.09. The number of thioether (sulfide) groups is 1. The van der Waals surface area contributed by atoms with Crippen LogP contribution in [-0.4, -0.2) is 43.3 Å². The number of aromatic nitrogens is 2. The summed E-state index contributed by atoms with van der Waals surface area (Å²) in [5.41, 5.74) is 3.29. The minimum atomic E-state index is -0.575. The first kappa shape index (κ1) is 18.2. The highest BCUT2D eigenvalue weighted by atomic mass is 32.2. The molecule has 2 aromatic rings. The van der Waals surface area contributed by atoms with Gasteiger partial charge in [0.1, 0.15) is 16.7 Å². The Morgan fingerprint density at radius 1 is 1.22 bits per heavy atom. The molecule has 0 atom stereocenters. The first-order chi connectivity index (χ1) is 12.8. The van der Waals surface area contributed by atoms with Gasteiger partial charge in [0.15, 0.2) is 23.1 Å². The number of phenolic OH excluding ortho intramolecular Hbond substituents is 2. The molecule has 1 aromatic carbocycles. The number of rotatable bonds is 4. The molecule has 0 spiro atoms. The molecule has 0 aliphatic carbocycles. The third kappa shape index (κ3) is 3.28. The van der Waals surface area contributed by atoms with Crippen LogP contribution in [0.15, 0.2) is 34.9 Å². The van der Waals surface area contributed by atoms with Crippen LogP contribution in [0.2, 0.25) is 0 Å². The van der Waals surface area contributed by atoms with Gasteiger partial charge in [-0.3, -0.25) is 15.0 Å². The summed E-state index contributed by atoms with van der Waals surface area (Å²) in [6.07, 6.45) is 2.89. The van der Waals surface area contributed by atoms with Crippen molar-refractivity contribution in [2.75, 3.05) is 11.7 Å². The van der Waals surface area contributed by atoms with Gasteiger partial charge < -0.3 is 10.2 Å². The van der Waals surface area contributed by atoms with E-state index in [1.165, 1.54) is 43.0 Å². The van der Waals surface area contributed by atoms with Gasteiger partial charge in [-0.1, -0.05) is 0 Å². The highest BCUT2D eigenvalue weighted by Gasteiger charge is 2.30. The summed E-state index contributed by atoms with van der Waals surface area (Å²) in [5, 5.41) is 29.7. The maximum absolute atomic E-state index is 12.1. The van der Waals surface area contributed by atoms with Crippen molar-refractivity contribution in [2.45, 2.75) is 11.9 Å². The van der Waals surface area contributed by atoms with E-state index in [0.717, 1.165) is 5.01 Å². The Labute approximate surface area is 157 Å². The fraction of sp³-hybridized carbons (Fsp3) is 0.118. The molecule has 10 heteroatoms. The second-order valence-electron chi connectivity index (χ2n) is 5.51. The number of hydrazine groups is 1. The Morgan fingerprint density at radius 2 is 1.96 bits per heavy atom. The molecule has 1 aliphatic heterocycles. The number of imide groups is 1. The summed E-state index contributed by atoms with van der Waals surface area (Å²) in [4.78, 5) is 32.6. The zero-order valence-electron chi connectivity index (χ0n) is 14.2. The van der Waals surface area contributed by atoms with Crippen LogP contribution in [0.3, 0.4) is 0 Å². The summed E-state index contributed by atoms with van der Waals surface area (Å²) >= 11 is 1.18. The first-order valence-electron chi connectivity index (χ1n) is 7.57. The highest BCUT2D eigenvalue weighted by molar-refractivity contribution is 7.98. The number of anilines is 1. The number of phenols is 2. The van der Waals surface area contributed by atoms with E-state index in [1.54, 1.807) is 6.26 Å². The lowest BCUT2D eigenvalue weighted by atomic mass is 10.2. The molecule has 3 rings (SSSR count). The summed E-state index contributed by atoms with van der Waals surface area (Å²) < 4.78 is 0. The molecule has 0 bridgehead atoms. The maximum Gasteiger partial charge on any atom is 0.275 e. The van der Waals surface area contributed by atoms with Crippen molar-refractivity contribution in [3.63, 3.8) is 0 Å². The van der Waals surface area contributed by atoms with Crippen molar-refractivity contribution >= 4 is 29.4 Å². The largest absolute Gasteiger partial charge is 0.504 e. The summed E-state index contributed by atoms with van der Waals surface area (Å²) in [5.74, 6) is -1.66. The van der Waals surface area contributed by atoms with Crippen molar-refractivity contribution in [1.29, 1.82) is 5.26 Å². The van der Waals surface area contributed by atoms with E-state index >= 15 is 0 Å². The molecule has 2 amide bonds. The minimum absolute atomic E-state index is 0.0239. The van der Waals surface area contributed by atoms with Crippen LogP contribution in [0.5, 0.6) is 11.5 Å². The fourth-order valence-electron chi connectivity index (χ4n) is 2.36. The molecule has 0 saturated carbocycles. The molecule has 1 aromatic heterocycles. The number of carbonyl (C=O) groups excluding carboxylic acids is 2. The van der Waals surface area contributed by atoms with Gasteiger partial charge >= 0.3 is 0 Å². The molecule has 0 radical (unpaired) electrons. The van der Waals surface area contributed by atoms with Gasteiger partial charge in [-0.05, 0) is 31.4 Å². The monoisotopic (exact) mass is 383 g/mol. The number of amides is 2. The number of hydrogen-bond donors (Lipinski definition) is 3. The number of nitrogens with zero attached hydrogens (tertiary/aromatic N) is 4. The van der Waals surface area contributed by atoms with E-state index in [0.29, 0.717) is 10.6 Å². The second-order valence-corrected chi connectivity index (χ2v) is 6.31. The average molecular weight is 383 g/mol. The van der Waals surface area contributed by atoms with Gasteiger partial charge in [0.2, 0.25) is 0 Å². The van der Waals surface area contributed by atoms with Crippen LogP contribution in [0.1, 0.15) is 12.5 Å². The van der Waals surface area contributed by atoms with E-state index in [4.69, 9.17) is 0 Å². The lowest BCUT2D eigenvalue weighted by molar-refractivity contribution is -0.135. The Hall–Kier alpha value is -3.58. The maximum atomic E-state index is 12.1. The van der Waals surface area contributed by atoms with Gasteiger partial charge in [0.25, 0.3) is 11.8 Å². The zero-order valence-corrected chi connectivity index (χ0v) is 15.0. The van der Waals surface area contributed by atoms with E-state index in [-0.39, 0.29) is 34.3 Å². The van der Waals surface area contributed by atoms with Crippen molar-refractivity contribution in [3.05, 3.63) is 35.4 Å². The predicted molar refractivity (Wildman–Crippen MR) is 96.5 cm³/mol. The normalized spacial score (nSPS) is 13.5. The summed E-state index contributed by atoms with van der Waals surface area (Å²) in [6, 6.07) is 6.00. The van der Waals surface area contributed by atoms with Gasteiger partial charge in [0, 0.05) is 17.2 Å². The smallest absolute Gasteiger partial charge is 0.275 e. The van der Waals surface area contributed by atoms with E-state index in [9.17, 15) is 25.1 Å². The molecule has 9 nitrogen and oxygen atoms in total. The van der Waals surface area contributed by atoms with Crippen molar-refractivity contribution in [3.8, 4) is 29.0 Å². The molecule has 0 fully saturated rings. The number of benzene rings is 1. The lowest BCUT2D eigenvalue weighted by Crippen LogP contribution is -2.37. The van der Waals surface area contributed by atoms with E-state index in [2.05, 4.69) is 15.4 Å². The van der Waals surface area contributed by atoms with Crippen LogP contribution in [0.4, 0.5) is 5.82 Å². The van der Waals surface area contributed by atoms with Gasteiger partial charge in [-0.15, -0.1) is 11.8 Å². The van der Waals surface area contributed by atoms with Crippen LogP contribution in [0, 0.1) is 11.3 Å². The summed E-state index contributed by atoms with van der Waals surface area (Å²) in [6.45, 7) is 1.51. The van der Waals surface area contributed by atoms with Crippen molar-refractivity contribution < 1.29 is 19.8 Å². The minimum Gasteiger partial charge on any atom is -0.504 e. The van der Waals surface area contributed by atoms with Crippen LogP contribution in [-0.2, 0) is 9.59 Å². The van der Waals surface area contributed by atoms with Crippen molar-refractivity contribution in [1.82, 2.24) is 15.0 Å². The predicted octanol–water partition coefficient (Wildman–Crippen LogP) is 1.79. The molecule has 27 heavy (non-hydrogen) atoms. The molecule has 0 unspecified atom stereocenters. The number of nitriles is 1. The Kier molecular flexibility index (Phi) is 4.70. The third-order valence-corrected chi connectivity index (χ3v) is 4.42. The Bertz CT molecular complexity index is 1040. The van der Waals surface area contributed by atoms with Gasteiger partial charge in [-0.2, -0.15) is 10.3 Å². The fourth-order valence-corrected chi connectivity index (χ4v) is 2.89. The number of carbonyl (C=O) groups is 2. The topological polar surface area (TPSA) is 139 Å². The van der Waals surface area contributed by atoms with Gasteiger partial charge in [-0.25, -0.2) is 9.97 Å². The molecule has 3 N–H and O–H groups in total. The van der Waals surface area contributed by atoms with Gasteiger partial charge in [0.05, 0.1) is 0 Å². The van der Waals surface area contributed by atoms with Crippen molar-refractivity contribution in [2.24, 2.45) is 0 Å². The molecule has 2 heterocycles. The molecule has 136 valence electrons. The molecule has 0 saturated heterocycles. The Morgan fingerprint density at radius 3 is 2.52 bits per heavy atom. The lowest BCUT2D eigenvalue weighted by Gasteiger charge is -2.18.